The van der Waals surface area contributed by atoms with E-state index in [2.05, 4.69) is 32.2 Å². The van der Waals surface area contributed by atoms with Gasteiger partial charge in [-0.25, -0.2) is 0 Å². The van der Waals surface area contributed by atoms with Crippen molar-refractivity contribution in [3.8, 4) is 0 Å². The Balaban J connectivity index is 1.63. The third-order valence-electron chi connectivity index (χ3n) is 4.06. The quantitative estimate of drug-likeness (QED) is 0.643. The number of para-hydroxylation sites is 1. The Morgan fingerprint density at radius 2 is 1.73 bits per heavy atom. The summed E-state index contributed by atoms with van der Waals surface area (Å²) in [5, 5.41) is 11.9. The van der Waals surface area contributed by atoms with Crippen molar-refractivity contribution in [1.29, 1.82) is 0 Å². The number of thioether (sulfide) groups is 1. The molecule has 0 saturated carbocycles. The minimum Gasteiger partial charge on any atom is -0.325 e. The molecule has 2 aromatic carbocycles. The molecule has 3 rings (SSSR count). The van der Waals surface area contributed by atoms with Crippen LogP contribution in [0, 0.1) is 6.92 Å². The molecule has 0 saturated heterocycles. The topological polar surface area (TPSA) is 59.8 Å². The van der Waals surface area contributed by atoms with Gasteiger partial charge in [0.1, 0.15) is 5.82 Å². The first-order chi connectivity index (χ1) is 12.6. The summed E-state index contributed by atoms with van der Waals surface area (Å²) in [7, 11) is 0. The van der Waals surface area contributed by atoms with Crippen molar-refractivity contribution in [2.45, 2.75) is 37.2 Å². The lowest BCUT2D eigenvalue weighted by molar-refractivity contribution is -0.115. The Kier molecular flexibility index (Phi) is 6.07. The van der Waals surface area contributed by atoms with E-state index in [1.165, 1.54) is 17.3 Å². The number of nitrogens with zero attached hydrogens (tertiary/aromatic N) is 3. The number of rotatable bonds is 7. The summed E-state index contributed by atoms with van der Waals surface area (Å²) < 4.78 is 2.07. The molecule has 134 valence electrons. The molecule has 3 aromatic rings. The third-order valence-corrected chi connectivity index (χ3v) is 5.14. The van der Waals surface area contributed by atoms with Gasteiger partial charge in [-0.05, 0) is 38.0 Å². The lowest BCUT2D eigenvalue weighted by Gasteiger charge is -2.13. The van der Waals surface area contributed by atoms with Crippen molar-refractivity contribution in [3.63, 3.8) is 0 Å². The average Bonchev–Trinajstić information content (AvgIpc) is 3.01. The van der Waals surface area contributed by atoms with Gasteiger partial charge < -0.3 is 9.88 Å². The van der Waals surface area contributed by atoms with Gasteiger partial charge in [0.25, 0.3) is 0 Å². The first kappa shape index (κ1) is 18.2. The molecule has 0 fully saturated rings. The zero-order valence-corrected chi connectivity index (χ0v) is 15.7. The molecule has 6 heteroatoms. The summed E-state index contributed by atoms with van der Waals surface area (Å²) in [6.45, 7) is 4.61. The molecular weight excluding hydrogens is 344 g/mol. The number of carbonyl (C=O) groups is 1. The zero-order chi connectivity index (χ0) is 18.4. The fourth-order valence-corrected chi connectivity index (χ4v) is 3.49. The maximum atomic E-state index is 12.4. The van der Waals surface area contributed by atoms with Crippen molar-refractivity contribution in [2.24, 2.45) is 0 Å². The maximum absolute atomic E-state index is 12.4. The first-order valence-corrected chi connectivity index (χ1v) is 9.48. The highest BCUT2D eigenvalue weighted by molar-refractivity contribution is 8.00. The number of benzene rings is 2. The van der Waals surface area contributed by atoms with Crippen LogP contribution in [-0.4, -0.2) is 25.9 Å². The summed E-state index contributed by atoms with van der Waals surface area (Å²) in [5.41, 5.74) is 2.07. The minimum absolute atomic E-state index is 0.0449. The van der Waals surface area contributed by atoms with Crippen LogP contribution in [0.4, 0.5) is 5.69 Å². The molecule has 5 nitrogen and oxygen atoms in total. The normalized spacial score (nSPS) is 11.9. The van der Waals surface area contributed by atoms with Crippen LogP contribution < -0.4 is 5.32 Å². The fraction of sp³-hybridized carbons (Fsp3) is 0.250. The van der Waals surface area contributed by atoms with E-state index in [0.29, 0.717) is 0 Å². The largest absolute Gasteiger partial charge is 0.325 e. The van der Waals surface area contributed by atoms with Crippen LogP contribution in [0.1, 0.15) is 18.3 Å². The van der Waals surface area contributed by atoms with E-state index in [4.69, 9.17) is 0 Å². The summed E-state index contributed by atoms with van der Waals surface area (Å²) in [6.07, 6.45) is 0.901. The van der Waals surface area contributed by atoms with Crippen molar-refractivity contribution < 1.29 is 4.79 Å². The van der Waals surface area contributed by atoms with Gasteiger partial charge in [-0.1, -0.05) is 60.3 Å². The molecule has 0 aliphatic rings. The van der Waals surface area contributed by atoms with Gasteiger partial charge in [0.2, 0.25) is 5.91 Å². The molecule has 1 heterocycles. The van der Waals surface area contributed by atoms with Crippen LogP contribution in [0.25, 0.3) is 0 Å². The van der Waals surface area contributed by atoms with E-state index >= 15 is 0 Å². The van der Waals surface area contributed by atoms with Crippen molar-refractivity contribution in [3.05, 3.63) is 72.1 Å². The smallest absolute Gasteiger partial charge is 0.237 e. The summed E-state index contributed by atoms with van der Waals surface area (Å²) in [5.74, 6) is 0.815. The van der Waals surface area contributed by atoms with E-state index < -0.39 is 0 Å². The van der Waals surface area contributed by atoms with Crippen LogP contribution in [0.15, 0.2) is 65.8 Å². The first-order valence-electron chi connectivity index (χ1n) is 8.60. The van der Waals surface area contributed by atoms with Gasteiger partial charge in [-0.3, -0.25) is 4.79 Å². The summed E-state index contributed by atoms with van der Waals surface area (Å²) >= 11 is 1.43. The van der Waals surface area contributed by atoms with Gasteiger partial charge in [0, 0.05) is 12.2 Å². The summed E-state index contributed by atoms with van der Waals surface area (Å²) in [6, 6.07) is 19.8. The molecule has 1 atom stereocenters. The molecule has 26 heavy (non-hydrogen) atoms. The second kappa shape index (κ2) is 8.67. The highest BCUT2D eigenvalue weighted by Crippen LogP contribution is 2.23. The second-order valence-electron chi connectivity index (χ2n) is 6.03. The minimum atomic E-state index is -0.269. The lowest BCUT2D eigenvalue weighted by atomic mass is 10.1. The number of anilines is 1. The van der Waals surface area contributed by atoms with Gasteiger partial charge in [0.05, 0.1) is 5.25 Å². The molecule has 0 radical (unpaired) electrons. The number of hydrogen-bond donors (Lipinski definition) is 1. The van der Waals surface area contributed by atoms with Crippen LogP contribution in [-0.2, 0) is 17.8 Å². The van der Waals surface area contributed by atoms with Crippen LogP contribution >= 0.6 is 11.8 Å². The Bertz CT molecular complexity index is 849. The Labute approximate surface area is 157 Å². The number of nitrogens with one attached hydrogen (secondary N) is 1. The predicted octanol–water partition coefficient (Wildman–Crippen LogP) is 3.95. The Morgan fingerprint density at radius 1 is 1.08 bits per heavy atom. The van der Waals surface area contributed by atoms with E-state index in [0.717, 1.165) is 29.6 Å². The molecule has 1 amide bonds. The number of aromatic nitrogens is 3. The van der Waals surface area contributed by atoms with Crippen molar-refractivity contribution in [1.82, 2.24) is 14.8 Å². The Hall–Kier alpha value is -2.60. The fourth-order valence-electron chi connectivity index (χ4n) is 2.57. The van der Waals surface area contributed by atoms with E-state index in [1.54, 1.807) is 0 Å². The number of aryl methyl sites for hydroxylation is 2. The highest BCUT2D eigenvalue weighted by Gasteiger charge is 2.19. The average molecular weight is 366 g/mol. The van der Waals surface area contributed by atoms with Crippen LogP contribution in [0.2, 0.25) is 0 Å². The van der Waals surface area contributed by atoms with E-state index in [-0.39, 0.29) is 11.2 Å². The van der Waals surface area contributed by atoms with Gasteiger partial charge in [-0.2, -0.15) is 0 Å². The number of amides is 1. The summed E-state index contributed by atoms with van der Waals surface area (Å²) in [4.78, 5) is 12.4. The number of hydrogen-bond acceptors (Lipinski definition) is 4. The predicted molar refractivity (Wildman–Crippen MR) is 105 cm³/mol. The molecular formula is C20H22N4OS. The molecule has 0 bridgehead atoms. The van der Waals surface area contributed by atoms with E-state index in [9.17, 15) is 4.79 Å². The Morgan fingerprint density at radius 3 is 2.42 bits per heavy atom. The van der Waals surface area contributed by atoms with Crippen molar-refractivity contribution in [2.75, 3.05) is 5.32 Å². The van der Waals surface area contributed by atoms with Gasteiger partial charge in [-0.15, -0.1) is 10.2 Å². The molecule has 0 aliphatic heterocycles. The molecule has 1 unspecified atom stereocenters. The van der Waals surface area contributed by atoms with E-state index in [1.807, 2.05) is 62.4 Å². The number of carbonyl (C=O) groups excluding carboxylic acids is 1. The molecule has 0 spiro atoms. The van der Waals surface area contributed by atoms with Crippen LogP contribution in [0.5, 0.6) is 0 Å². The molecule has 0 aliphatic carbocycles. The third kappa shape index (κ3) is 4.73. The second-order valence-corrected chi connectivity index (χ2v) is 7.34. The van der Waals surface area contributed by atoms with Crippen LogP contribution in [0.3, 0.4) is 0 Å². The van der Waals surface area contributed by atoms with Gasteiger partial charge >= 0.3 is 0 Å². The van der Waals surface area contributed by atoms with Gasteiger partial charge in [0.15, 0.2) is 5.16 Å². The standard InChI is InChI=1S/C20H22N4OS/c1-15(19(25)21-18-11-7-4-8-12-18)26-20-23-22-16(2)24(20)14-13-17-9-5-3-6-10-17/h3-12,15H,13-14H2,1-2H3,(H,21,25). The van der Waals surface area contributed by atoms with Crippen molar-refractivity contribution >= 4 is 23.4 Å². The molecule has 1 N–H and O–H groups in total. The maximum Gasteiger partial charge on any atom is 0.237 e. The SMILES string of the molecule is Cc1nnc(SC(C)C(=O)Nc2ccccc2)n1CCc1ccccc1. The lowest BCUT2D eigenvalue weighted by Crippen LogP contribution is -2.23. The zero-order valence-electron chi connectivity index (χ0n) is 14.9. The monoisotopic (exact) mass is 366 g/mol. The highest BCUT2D eigenvalue weighted by atomic mass is 32.2. The molecule has 1 aromatic heterocycles.